The monoisotopic (exact) mass is 153 g/mol. The molecule has 0 aliphatic heterocycles. The first-order valence-electron chi connectivity index (χ1n) is 3.49. The second kappa shape index (κ2) is 3.23. The molecule has 0 radical (unpaired) electrons. The predicted octanol–water partition coefficient (Wildman–Crippen LogP) is 0.722. The average molecular weight is 153 g/mol. The van der Waals surface area contributed by atoms with Gasteiger partial charge >= 0.3 is 5.97 Å². The molecule has 0 atom stereocenters. The zero-order valence-electron chi connectivity index (χ0n) is 6.46. The molecular formula is C8H11NO2. The lowest BCUT2D eigenvalue weighted by molar-refractivity contribution is -0.135. The molecule has 11 heavy (non-hydrogen) atoms. The average Bonchev–Trinajstić information content (AvgIpc) is 2.04. The van der Waals surface area contributed by atoms with Crippen molar-refractivity contribution in [2.75, 3.05) is 7.11 Å². The van der Waals surface area contributed by atoms with Gasteiger partial charge in [-0.15, -0.1) is 0 Å². The number of hydrogen-bond acceptors (Lipinski definition) is 3. The third-order valence-electron chi connectivity index (χ3n) is 1.62. The number of carbonyl (C=O) groups is 1. The molecule has 0 aromatic rings. The van der Waals surface area contributed by atoms with Gasteiger partial charge in [0, 0.05) is 5.70 Å². The van der Waals surface area contributed by atoms with Crippen molar-refractivity contribution in [1.29, 1.82) is 0 Å². The van der Waals surface area contributed by atoms with Crippen LogP contribution in [-0.4, -0.2) is 13.1 Å². The van der Waals surface area contributed by atoms with Gasteiger partial charge in [0.05, 0.1) is 12.7 Å². The van der Waals surface area contributed by atoms with Crippen LogP contribution in [-0.2, 0) is 9.53 Å². The maximum absolute atomic E-state index is 11.0. The molecule has 2 N–H and O–H groups in total. The molecule has 1 rings (SSSR count). The smallest absolute Gasteiger partial charge is 0.339 e. The summed E-state index contributed by atoms with van der Waals surface area (Å²) in [5, 5.41) is 0. The lowest BCUT2D eigenvalue weighted by Gasteiger charge is -2.09. The van der Waals surface area contributed by atoms with Crippen LogP contribution in [0.25, 0.3) is 0 Å². The van der Waals surface area contributed by atoms with Crippen molar-refractivity contribution in [2.45, 2.75) is 12.8 Å². The van der Waals surface area contributed by atoms with Crippen molar-refractivity contribution < 1.29 is 9.53 Å². The fraction of sp³-hybridized carbons (Fsp3) is 0.375. The Kier molecular flexibility index (Phi) is 2.31. The number of rotatable bonds is 1. The van der Waals surface area contributed by atoms with Gasteiger partial charge in [-0.05, 0) is 18.9 Å². The SMILES string of the molecule is COC(=O)C1=C(N)CCC=C1. The highest BCUT2D eigenvalue weighted by Crippen LogP contribution is 2.15. The first-order chi connectivity index (χ1) is 5.25. The van der Waals surface area contributed by atoms with Crippen LogP contribution >= 0.6 is 0 Å². The quantitative estimate of drug-likeness (QED) is 0.565. The molecular weight excluding hydrogens is 142 g/mol. The fourth-order valence-electron chi connectivity index (χ4n) is 0.991. The zero-order chi connectivity index (χ0) is 8.27. The number of esters is 1. The highest BCUT2D eigenvalue weighted by Gasteiger charge is 2.12. The van der Waals surface area contributed by atoms with Crippen LogP contribution in [0, 0.1) is 0 Å². The molecule has 1 aliphatic carbocycles. The summed E-state index contributed by atoms with van der Waals surface area (Å²) in [6, 6.07) is 0. The third-order valence-corrected chi connectivity index (χ3v) is 1.62. The second-order valence-electron chi connectivity index (χ2n) is 2.37. The van der Waals surface area contributed by atoms with E-state index in [0.29, 0.717) is 11.3 Å². The molecule has 0 heterocycles. The van der Waals surface area contributed by atoms with E-state index in [1.165, 1.54) is 7.11 Å². The third kappa shape index (κ3) is 1.61. The molecule has 60 valence electrons. The fourth-order valence-corrected chi connectivity index (χ4v) is 0.991. The van der Waals surface area contributed by atoms with Crippen molar-refractivity contribution >= 4 is 5.97 Å². The van der Waals surface area contributed by atoms with E-state index in [-0.39, 0.29) is 5.97 Å². The maximum Gasteiger partial charge on any atom is 0.339 e. The van der Waals surface area contributed by atoms with Crippen molar-refractivity contribution in [3.63, 3.8) is 0 Å². The van der Waals surface area contributed by atoms with Crippen LogP contribution in [0.4, 0.5) is 0 Å². The molecule has 0 saturated heterocycles. The van der Waals surface area contributed by atoms with Gasteiger partial charge < -0.3 is 10.5 Å². The number of methoxy groups -OCH3 is 1. The Morgan fingerprint density at radius 3 is 3.00 bits per heavy atom. The van der Waals surface area contributed by atoms with Crippen LogP contribution in [0.15, 0.2) is 23.4 Å². The molecule has 3 heteroatoms. The number of nitrogens with two attached hydrogens (primary N) is 1. The largest absolute Gasteiger partial charge is 0.465 e. The Hall–Kier alpha value is -1.25. The van der Waals surface area contributed by atoms with E-state index in [9.17, 15) is 4.79 Å². The summed E-state index contributed by atoms with van der Waals surface area (Å²) in [6.07, 6.45) is 5.29. The number of hydrogen-bond donors (Lipinski definition) is 1. The minimum atomic E-state index is -0.349. The van der Waals surface area contributed by atoms with E-state index in [4.69, 9.17) is 5.73 Å². The molecule has 3 nitrogen and oxygen atoms in total. The Morgan fingerprint density at radius 1 is 1.73 bits per heavy atom. The van der Waals surface area contributed by atoms with Gasteiger partial charge in [-0.3, -0.25) is 0 Å². The zero-order valence-corrected chi connectivity index (χ0v) is 6.46. The Balaban J connectivity index is 2.83. The minimum absolute atomic E-state index is 0.349. The molecule has 0 unspecified atom stereocenters. The topological polar surface area (TPSA) is 52.3 Å². The van der Waals surface area contributed by atoms with Crippen LogP contribution in [0.1, 0.15) is 12.8 Å². The maximum atomic E-state index is 11.0. The van der Waals surface area contributed by atoms with Gasteiger partial charge in [0.25, 0.3) is 0 Å². The van der Waals surface area contributed by atoms with Crippen LogP contribution in [0.3, 0.4) is 0 Å². The summed E-state index contributed by atoms with van der Waals surface area (Å²) in [4.78, 5) is 11.0. The standard InChI is InChI=1S/C8H11NO2/c1-11-8(10)6-4-2-3-5-7(6)9/h2,4H,3,5,9H2,1H3. The molecule has 0 fully saturated rings. The number of carbonyl (C=O) groups excluding carboxylic acids is 1. The molecule has 0 saturated carbocycles. The Labute approximate surface area is 65.5 Å². The van der Waals surface area contributed by atoms with Crippen LogP contribution < -0.4 is 5.73 Å². The van der Waals surface area contributed by atoms with Gasteiger partial charge in [0.2, 0.25) is 0 Å². The van der Waals surface area contributed by atoms with Gasteiger partial charge in [-0.25, -0.2) is 4.79 Å². The summed E-state index contributed by atoms with van der Waals surface area (Å²) in [7, 11) is 1.35. The van der Waals surface area contributed by atoms with E-state index in [1.807, 2.05) is 6.08 Å². The summed E-state index contributed by atoms with van der Waals surface area (Å²) in [5.74, 6) is -0.349. The number of ether oxygens (including phenoxy) is 1. The number of allylic oxidation sites excluding steroid dienone is 2. The lowest BCUT2D eigenvalue weighted by Crippen LogP contribution is -2.13. The van der Waals surface area contributed by atoms with Gasteiger partial charge in [0.1, 0.15) is 0 Å². The van der Waals surface area contributed by atoms with E-state index in [1.54, 1.807) is 6.08 Å². The normalized spacial score (nSPS) is 16.8. The highest BCUT2D eigenvalue weighted by molar-refractivity contribution is 5.92. The molecule has 0 amide bonds. The van der Waals surface area contributed by atoms with Crippen molar-refractivity contribution in [1.82, 2.24) is 0 Å². The van der Waals surface area contributed by atoms with Crippen molar-refractivity contribution in [3.05, 3.63) is 23.4 Å². The van der Waals surface area contributed by atoms with E-state index in [0.717, 1.165) is 12.8 Å². The first kappa shape index (κ1) is 7.85. The Bertz CT molecular complexity index is 228. The van der Waals surface area contributed by atoms with Gasteiger partial charge in [-0.2, -0.15) is 0 Å². The van der Waals surface area contributed by atoms with Crippen LogP contribution in [0.5, 0.6) is 0 Å². The molecule has 0 bridgehead atoms. The first-order valence-corrected chi connectivity index (χ1v) is 3.49. The van der Waals surface area contributed by atoms with Gasteiger partial charge in [-0.1, -0.05) is 6.08 Å². The highest BCUT2D eigenvalue weighted by atomic mass is 16.5. The Morgan fingerprint density at radius 2 is 2.45 bits per heavy atom. The molecule has 0 aromatic carbocycles. The van der Waals surface area contributed by atoms with Crippen molar-refractivity contribution in [3.8, 4) is 0 Å². The molecule has 0 spiro atoms. The molecule has 0 aromatic heterocycles. The van der Waals surface area contributed by atoms with Crippen LogP contribution in [0.2, 0.25) is 0 Å². The predicted molar refractivity (Wildman–Crippen MR) is 41.6 cm³/mol. The molecule has 1 aliphatic rings. The van der Waals surface area contributed by atoms with E-state index >= 15 is 0 Å². The van der Waals surface area contributed by atoms with Gasteiger partial charge in [0.15, 0.2) is 0 Å². The summed E-state index contributed by atoms with van der Waals surface area (Å²) in [5.41, 5.74) is 6.71. The minimum Gasteiger partial charge on any atom is -0.465 e. The summed E-state index contributed by atoms with van der Waals surface area (Å²) >= 11 is 0. The second-order valence-corrected chi connectivity index (χ2v) is 2.37. The van der Waals surface area contributed by atoms with Crippen molar-refractivity contribution in [2.24, 2.45) is 5.73 Å². The lowest BCUT2D eigenvalue weighted by atomic mass is 10.0. The summed E-state index contributed by atoms with van der Waals surface area (Å²) in [6.45, 7) is 0. The summed E-state index contributed by atoms with van der Waals surface area (Å²) < 4.78 is 4.53. The van der Waals surface area contributed by atoms with E-state index < -0.39 is 0 Å². The van der Waals surface area contributed by atoms with E-state index in [2.05, 4.69) is 4.74 Å².